The first kappa shape index (κ1) is 19.9. The molecule has 146 valence electrons. The molecule has 0 spiro atoms. The minimum Gasteiger partial charge on any atom is -0.477 e. The molecule has 1 saturated heterocycles. The number of carbonyl (C=O) groups is 1. The Hall–Kier alpha value is -1.90. The molecular weight excluding hydrogens is 398 g/mol. The van der Waals surface area contributed by atoms with Gasteiger partial charge in [0.2, 0.25) is 5.43 Å². The van der Waals surface area contributed by atoms with E-state index in [0.29, 0.717) is 25.3 Å². The smallest absolute Gasteiger partial charge is 0.341 e. The van der Waals surface area contributed by atoms with Gasteiger partial charge in [-0.25, -0.2) is 14.2 Å². The molecule has 7 nitrogen and oxygen atoms in total. The summed E-state index contributed by atoms with van der Waals surface area (Å²) in [6.45, 7) is 1.30. The van der Waals surface area contributed by atoms with E-state index in [0.717, 1.165) is 18.9 Å². The quantitative estimate of drug-likeness (QED) is 0.738. The molecule has 2 fully saturated rings. The number of aromatic nitrogens is 2. The number of rotatable bonds is 4. The maximum absolute atomic E-state index is 14.7. The lowest BCUT2D eigenvalue weighted by molar-refractivity contribution is 0.0695. The van der Waals surface area contributed by atoms with Crippen LogP contribution in [0.4, 0.5) is 10.2 Å². The highest BCUT2D eigenvalue weighted by Gasteiger charge is 2.34. The standard InChI is InChI=1S/C17H18ClFN4O3.ClH/c18-12-7-22(5-8(12)4-20)16-13(19)3-10-14(24)11(17(25)26)6-23(9-1-2-9)15(10)21-16;/h3,6,8-9,12H,1-2,4-5,7,20H2,(H,25,26);1H. The highest BCUT2D eigenvalue weighted by atomic mass is 35.5. The summed E-state index contributed by atoms with van der Waals surface area (Å²) in [4.78, 5) is 29.9. The fourth-order valence-electron chi connectivity index (χ4n) is 3.47. The highest BCUT2D eigenvalue weighted by molar-refractivity contribution is 6.21. The molecule has 3 heterocycles. The Morgan fingerprint density at radius 3 is 2.67 bits per heavy atom. The van der Waals surface area contributed by atoms with Crippen LogP contribution in [0.5, 0.6) is 0 Å². The van der Waals surface area contributed by atoms with E-state index < -0.39 is 17.2 Å². The number of nitrogens with two attached hydrogens (primary N) is 1. The van der Waals surface area contributed by atoms with Gasteiger partial charge in [0.1, 0.15) is 11.2 Å². The summed E-state index contributed by atoms with van der Waals surface area (Å²) in [7, 11) is 0. The van der Waals surface area contributed by atoms with Crippen molar-refractivity contribution < 1.29 is 14.3 Å². The van der Waals surface area contributed by atoms with Gasteiger partial charge in [0.25, 0.3) is 0 Å². The number of fused-ring (bicyclic) bond motifs is 1. The van der Waals surface area contributed by atoms with Crippen LogP contribution in [0, 0.1) is 11.7 Å². The number of aromatic carboxylic acids is 1. The Morgan fingerprint density at radius 1 is 1.41 bits per heavy atom. The van der Waals surface area contributed by atoms with Crippen LogP contribution in [0.3, 0.4) is 0 Å². The van der Waals surface area contributed by atoms with E-state index >= 15 is 0 Å². The summed E-state index contributed by atoms with van der Waals surface area (Å²) in [5.41, 5.74) is 4.92. The van der Waals surface area contributed by atoms with Crippen LogP contribution in [0.1, 0.15) is 29.2 Å². The molecule has 0 aromatic carbocycles. The second-order valence-corrected chi connectivity index (χ2v) is 7.46. The molecule has 2 unspecified atom stereocenters. The molecule has 1 aliphatic carbocycles. The number of carboxylic acids is 1. The average molecular weight is 417 g/mol. The molecule has 2 aromatic rings. The topological polar surface area (TPSA) is 101 Å². The zero-order valence-corrected chi connectivity index (χ0v) is 15.8. The van der Waals surface area contributed by atoms with Gasteiger partial charge in [-0.1, -0.05) is 0 Å². The molecule has 3 N–H and O–H groups in total. The number of anilines is 1. The molecule has 10 heteroatoms. The third-order valence-corrected chi connectivity index (χ3v) is 5.57. The van der Waals surface area contributed by atoms with Crippen molar-refractivity contribution in [2.45, 2.75) is 24.3 Å². The summed E-state index contributed by atoms with van der Waals surface area (Å²) in [5, 5.41) is 9.06. The summed E-state index contributed by atoms with van der Waals surface area (Å²) < 4.78 is 16.4. The lowest BCUT2D eigenvalue weighted by Gasteiger charge is -2.19. The van der Waals surface area contributed by atoms with Crippen LogP contribution in [0.15, 0.2) is 17.1 Å². The van der Waals surface area contributed by atoms with Gasteiger partial charge in [0.05, 0.1) is 10.8 Å². The minimum atomic E-state index is -1.33. The van der Waals surface area contributed by atoms with Crippen LogP contribution in [0.2, 0.25) is 0 Å². The molecule has 0 radical (unpaired) electrons. The monoisotopic (exact) mass is 416 g/mol. The maximum atomic E-state index is 14.7. The van der Waals surface area contributed by atoms with E-state index in [1.54, 1.807) is 9.47 Å². The SMILES string of the molecule is Cl.NCC1CN(c2nc3c(cc2F)c(=O)c(C(=O)O)cn3C2CC2)CC1Cl. The van der Waals surface area contributed by atoms with Crippen LogP contribution in [-0.2, 0) is 0 Å². The molecule has 1 aliphatic heterocycles. The summed E-state index contributed by atoms with van der Waals surface area (Å²) in [5.74, 6) is -1.84. The van der Waals surface area contributed by atoms with Crippen molar-refractivity contribution in [1.29, 1.82) is 0 Å². The number of alkyl halides is 1. The van der Waals surface area contributed by atoms with Gasteiger partial charge in [-0.05, 0) is 25.5 Å². The van der Waals surface area contributed by atoms with Crippen molar-refractivity contribution in [1.82, 2.24) is 9.55 Å². The first-order valence-electron chi connectivity index (χ1n) is 8.48. The number of carboxylic acid groups (broad SMARTS) is 1. The second-order valence-electron chi connectivity index (χ2n) is 6.90. The molecule has 2 aromatic heterocycles. The van der Waals surface area contributed by atoms with Crippen molar-refractivity contribution in [2.24, 2.45) is 11.7 Å². The third kappa shape index (κ3) is 3.37. The molecule has 27 heavy (non-hydrogen) atoms. The average Bonchev–Trinajstić information content (AvgIpc) is 3.37. The highest BCUT2D eigenvalue weighted by Crippen LogP contribution is 2.37. The Kier molecular flexibility index (Phi) is 5.33. The molecule has 0 amide bonds. The Bertz CT molecular complexity index is 963. The van der Waals surface area contributed by atoms with Crippen molar-refractivity contribution in [2.75, 3.05) is 24.5 Å². The lowest BCUT2D eigenvalue weighted by atomic mass is 10.1. The normalized spacial score (nSPS) is 22.1. The molecule has 2 atom stereocenters. The number of nitrogens with zero attached hydrogens (tertiary/aromatic N) is 3. The summed E-state index contributed by atoms with van der Waals surface area (Å²) in [6.07, 6.45) is 3.05. The molecule has 0 bridgehead atoms. The fraction of sp³-hybridized carbons (Fsp3) is 0.471. The van der Waals surface area contributed by atoms with Gasteiger partial charge in [-0.2, -0.15) is 0 Å². The summed E-state index contributed by atoms with van der Waals surface area (Å²) >= 11 is 6.27. The fourth-order valence-corrected chi connectivity index (χ4v) is 3.82. The van der Waals surface area contributed by atoms with E-state index in [4.69, 9.17) is 17.3 Å². The zero-order valence-electron chi connectivity index (χ0n) is 14.3. The second kappa shape index (κ2) is 7.26. The van der Waals surface area contributed by atoms with E-state index in [2.05, 4.69) is 4.98 Å². The molecule has 1 saturated carbocycles. The predicted molar refractivity (Wildman–Crippen MR) is 103 cm³/mol. The molecule has 2 aliphatic rings. The van der Waals surface area contributed by atoms with E-state index in [1.807, 2.05) is 0 Å². The van der Waals surface area contributed by atoms with Crippen LogP contribution >= 0.6 is 24.0 Å². The maximum Gasteiger partial charge on any atom is 0.341 e. The van der Waals surface area contributed by atoms with E-state index in [-0.39, 0.29) is 46.5 Å². The van der Waals surface area contributed by atoms with Gasteiger partial charge < -0.3 is 20.3 Å². The number of halogens is 3. The number of pyridine rings is 2. The van der Waals surface area contributed by atoms with Gasteiger partial charge in [0.15, 0.2) is 11.6 Å². The molecular formula is C17H19Cl2FN4O3. The van der Waals surface area contributed by atoms with Crippen LogP contribution < -0.4 is 16.1 Å². The summed E-state index contributed by atoms with van der Waals surface area (Å²) in [6, 6.07) is 1.17. The first-order chi connectivity index (χ1) is 12.4. The zero-order chi connectivity index (χ0) is 18.6. The number of hydrogen-bond acceptors (Lipinski definition) is 5. The van der Waals surface area contributed by atoms with Crippen molar-refractivity contribution in [3.8, 4) is 0 Å². The third-order valence-electron chi connectivity index (χ3n) is 5.07. The van der Waals surface area contributed by atoms with Gasteiger partial charge in [0, 0.05) is 31.2 Å². The molecule has 4 rings (SSSR count). The van der Waals surface area contributed by atoms with Gasteiger partial charge in [-0.15, -0.1) is 24.0 Å². The first-order valence-corrected chi connectivity index (χ1v) is 8.92. The van der Waals surface area contributed by atoms with Crippen LogP contribution in [0.25, 0.3) is 11.0 Å². The Balaban J connectivity index is 0.00000210. The number of hydrogen-bond donors (Lipinski definition) is 2. The van der Waals surface area contributed by atoms with Crippen LogP contribution in [-0.4, -0.2) is 45.6 Å². The van der Waals surface area contributed by atoms with Gasteiger partial charge >= 0.3 is 5.97 Å². The van der Waals surface area contributed by atoms with E-state index in [1.165, 1.54) is 6.20 Å². The van der Waals surface area contributed by atoms with Crippen molar-refractivity contribution in [3.05, 3.63) is 33.9 Å². The lowest BCUT2D eigenvalue weighted by Crippen LogP contribution is -2.26. The largest absolute Gasteiger partial charge is 0.477 e. The minimum absolute atomic E-state index is 0. The van der Waals surface area contributed by atoms with Crippen molar-refractivity contribution >= 4 is 46.8 Å². The Labute approximate surface area is 165 Å². The van der Waals surface area contributed by atoms with E-state index in [9.17, 15) is 19.1 Å². The predicted octanol–water partition coefficient (Wildman–Crippen LogP) is 1.99. The Morgan fingerprint density at radius 2 is 2.11 bits per heavy atom. The van der Waals surface area contributed by atoms with Gasteiger partial charge in [-0.3, -0.25) is 4.79 Å². The van der Waals surface area contributed by atoms with Crippen molar-refractivity contribution in [3.63, 3.8) is 0 Å².